The summed E-state index contributed by atoms with van der Waals surface area (Å²) in [6.45, 7) is 15.0. The Labute approximate surface area is 421 Å². The number of nitrogen functional groups attached to an aromatic ring is 1. The molecule has 6 aromatic rings. The molecule has 374 valence electrons. The highest BCUT2D eigenvalue weighted by Crippen LogP contribution is 2.34. The van der Waals surface area contributed by atoms with Crippen LogP contribution in [0.4, 0.5) is 31.9 Å². The fourth-order valence-corrected chi connectivity index (χ4v) is 9.13. The lowest BCUT2D eigenvalue weighted by atomic mass is 10.0. The van der Waals surface area contributed by atoms with Crippen molar-refractivity contribution in [3.63, 3.8) is 0 Å². The Balaban J connectivity index is 0.000000134. The standard InChI is InChI=1S/C19H21FN4O2.C17H19FN4O.C16H16ClN5O/c1-12(2)26-16-4-3-13(9-14(16)20)18-17-15(10-21-18)22-11-23-19(17)24-5-7-25-8-6-24;1-10(2)23-14-6-5-11(7-12(14)18)16-15-13(8-19-16)20-9-21-17(15)22(3)4;17-11-7-10(1-2-13(11)22-3-5-23-6-4-22)15-14-12(8-19-15)20-9-21-16(14)18/h3-4,9,11-12H,5-8,10H2,1-2H3;5-7,9-10H,8H2,1-4H3;1-2,7,9H,3-6,8H2,(H2,18,20,21). The largest absolute Gasteiger partial charge is 0.488 e. The first-order valence-electron chi connectivity index (χ1n) is 23.8. The zero-order chi connectivity index (χ0) is 50.5. The second-order valence-electron chi connectivity index (χ2n) is 18.0. The fourth-order valence-electron chi connectivity index (χ4n) is 8.83. The Morgan fingerprint density at radius 1 is 0.583 bits per heavy atom. The Morgan fingerprint density at radius 3 is 1.57 bits per heavy atom. The quantitative estimate of drug-likeness (QED) is 0.144. The zero-order valence-corrected chi connectivity index (χ0v) is 41.8. The molecule has 0 unspecified atom stereocenters. The number of benzene rings is 3. The van der Waals surface area contributed by atoms with Gasteiger partial charge < -0.3 is 39.4 Å². The van der Waals surface area contributed by atoms with Gasteiger partial charge in [0.25, 0.3) is 0 Å². The highest BCUT2D eigenvalue weighted by molar-refractivity contribution is 6.34. The van der Waals surface area contributed by atoms with Gasteiger partial charge in [0, 0.05) is 57.0 Å². The van der Waals surface area contributed by atoms with E-state index in [2.05, 4.69) is 54.7 Å². The summed E-state index contributed by atoms with van der Waals surface area (Å²) in [4.78, 5) is 45.8. The van der Waals surface area contributed by atoms with Gasteiger partial charge >= 0.3 is 0 Å². The molecule has 0 aliphatic carbocycles. The van der Waals surface area contributed by atoms with E-state index in [9.17, 15) is 8.78 Å². The van der Waals surface area contributed by atoms with Crippen molar-refractivity contribution in [3.05, 3.63) is 141 Å². The molecule has 0 atom stereocenters. The van der Waals surface area contributed by atoms with E-state index in [4.69, 9.17) is 36.3 Å². The summed E-state index contributed by atoms with van der Waals surface area (Å²) in [6.07, 6.45) is 4.42. The molecule has 0 bridgehead atoms. The molecule has 0 radical (unpaired) electrons. The third-order valence-corrected chi connectivity index (χ3v) is 12.4. The lowest BCUT2D eigenvalue weighted by Crippen LogP contribution is -2.37. The molecule has 5 aliphatic heterocycles. The molecule has 2 fully saturated rings. The summed E-state index contributed by atoms with van der Waals surface area (Å²) in [6, 6.07) is 15.9. The number of nitrogens with zero attached hydrogens (tertiary/aromatic N) is 12. The number of ether oxygens (including phenoxy) is 4. The van der Waals surface area contributed by atoms with Gasteiger partial charge in [-0.1, -0.05) is 17.7 Å². The van der Waals surface area contributed by atoms with E-state index in [1.165, 1.54) is 24.8 Å². The van der Waals surface area contributed by atoms with Crippen LogP contribution in [0.3, 0.4) is 0 Å². The van der Waals surface area contributed by atoms with Gasteiger partial charge in [-0.25, -0.2) is 38.7 Å². The van der Waals surface area contributed by atoms with E-state index in [-0.39, 0.29) is 23.7 Å². The summed E-state index contributed by atoms with van der Waals surface area (Å²) < 4.78 is 50.5. The van der Waals surface area contributed by atoms with Crippen LogP contribution in [0.15, 0.2) is 88.6 Å². The molecule has 2 N–H and O–H groups in total. The number of fused-ring (bicyclic) bond motifs is 3. The van der Waals surface area contributed by atoms with Gasteiger partial charge in [-0.2, -0.15) is 0 Å². The maximum Gasteiger partial charge on any atom is 0.165 e. The van der Waals surface area contributed by atoms with Gasteiger partial charge in [0.2, 0.25) is 0 Å². The number of hydrogen-bond donors (Lipinski definition) is 1. The van der Waals surface area contributed by atoms with Crippen LogP contribution >= 0.6 is 11.6 Å². The lowest BCUT2D eigenvalue weighted by molar-refractivity contribution is 0.122. The summed E-state index contributed by atoms with van der Waals surface area (Å²) in [5, 5.41) is 0.705. The Hall–Kier alpha value is -7.22. The van der Waals surface area contributed by atoms with Crippen LogP contribution in [-0.4, -0.2) is 126 Å². The van der Waals surface area contributed by atoms with E-state index >= 15 is 0 Å². The Kier molecular flexibility index (Phi) is 15.2. The zero-order valence-electron chi connectivity index (χ0n) is 41.1. The van der Waals surface area contributed by atoms with Gasteiger partial charge in [-0.15, -0.1) is 0 Å². The summed E-state index contributed by atoms with van der Waals surface area (Å²) in [7, 11) is 3.83. The van der Waals surface area contributed by atoms with Crippen molar-refractivity contribution in [1.82, 2.24) is 29.9 Å². The van der Waals surface area contributed by atoms with Gasteiger partial charge in [-0.3, -0.25) is 15.0 Å². The molecule has 3 aromatic heterocycles. The smallest absolute Gasteiger partial charge is 0.165 e. The molecule has 2 saturated heterocycles. The van der Waals surface area contributed by atoms with Gasteiger partial charge in [0.1, 0.15) is 36.4 Å². The molecule has 3 aromatic carbocycles. The van der Waals surface area contributed by atoms with Crippen LogP contribution in [0.25, 0.3) is 0 Å². The predicted octanol–water partition coefficient (Wildman–Crippen LogP) is 7.31. The number of nitrogens with two attached hydrogens (primary N) is 1. The molecule has 8 heterocycles. The van der Waals surface area contributed by atoms with Gasteiger partial charge in [-0.05, 0) is 76.2 Å². The highest BCUT2D eigenvalue weighted by Gasteiger charge is 2.29. The number of aliphatic imine (C=N–C) groups is 3. The second-order valence-corrected chi connectivity index (χ2v) is 18.4. The normalized spacial score (nSPS) is 15.6. The van der Waals surface area contributed by atoms with Gasteiger partial charge in [0.15, 0.2) is 23.1 Å². The minimum Gasteiger partial charge on any atom is -0.488 e. The molecule has 20 heteroatoms. The van der Waals surface area contributed by atoms with Crippen LogP contribution in [0.5, 0.6) is 11.5 Å². The van der Waals surface area contributed by atoms with Crippen molar-refractivity contribution < 1.29 is 27.7 Å². The van der Waals surface area contributed by atoms with Crippen LogP contribution in [0, 0.1) is 11.6 Å². The molecule has 0 spiro atoms. The molecule has 11 rings (SSSR count). The third-order valence-electron chi connectivity index (χ3n) is 12.1. The van der Waals surface area contributed by atoms with Gasteiger partial charge in [0.05, 0.1) is 120 Å². The lowest BCUT2D eigenvalue weighted by Gasteiger charge is -2.29. The number of hydrogen-bond acceptors (Lipinski definition) is 17. The van der Waals surface area contributed by atoms with E-state index in [1.54, 1.807) is 18.5 Å². The summed E-state index contributed by atoms with van der Waals surface area (Å²) >= 11 is 6.51. The van der Waals surface area contributed by atoms with Crippen molar-refractivity contribution in [2.75, 3.05) is 87.1 Å². The van der Waals surface area contributed by atoms with Crippen molar-refractivity contribution in [2.24, 2.45) is 15.0 Å². The number of anilines is 4. The second kappa shape index (κ2) is 22.0. The monoisotopic (exact) mass is 999 g/mol. The molecule has 5 aliphatic rings. The fraction of sp³-hybridized carbons (Fsp3) is 0.365. The summed E-state index contributed by atoms with van der Waals surface area (Å²) in [5.41, 5.74) is 16.8. The van der Waals surface area contributed by atoms with Crippen LogP contribution in [-0.2, 0) is 29.1 Å². The molecule has 0 saturated carbocycles. The minimum atomic E-state index is -0.393. The molecule has 0 amide bonds. The van der Waals surface area contributed by atoms with Crippen molar-refractivity contribution in [1.29, 1.82) is 0 Å². The van der Waals surface area contributed by atoms with E-state index < -0.39 is 11.6 Å². The Bertz CT molecular complexity index is 3050. The molecular weight excluding hydrogens is 944 g/mol. The minimum absolute atomic E-state index is 0.0753. The topological polar surface area (TPSA) is 187 Å². The third kappa shape index (κ3) is 10.8. The predicted molar refractivity (Wildman–Crippen MR) is 275 cm³/mol. The number of morpholine rings is 2. The van der Waals surface area contributed by atoms with Crippen LogP contribution in [0.2, 0.25) is 5.02 Å². The molecule has 17 nitrogen and oxygen atoms in total. The van der Waals surface area contributed by atoms with Crippen molar-refractivity contribution in [2.45, 2.75) is 59.5 Å². The average Bonchev–Trinajstić information content (AvgIpc) is 4.14. The molecule has 72 heavy (non-hydrogen) atoms. The first-order chi connectivity index (χ1) is 34.8. The van der Waals surface area contributed by atoms with Crippen LogP contribution in [0.1, 0.15) is 78.2 Å². The SMILES string of the molecule is CC(C)Oc1ccc(C2=NCc3ncnc(N(C)C)c32)cc1F.CC(C)Oc1ccc(C2=NCc3ncnc(N4CCOCC4)c32)cc1F.Nc1ncnc2c1C(c1ccc(N3CCOCC3)c(Cl)c1)=NC2. The number of rotatable bonds is 10. The van der Waals surface area contributed by atoms with Crippen molar-refractivity contribution in [3.8, 4) is 11.5 Å². The maximum atomic E-state index is 14.5. The first kappa shape index (κ1) is 49.7. The van der Waals surface area contributed by atoms with E-state index in [1.807, 2.05) is 77.0 Å². The van der Waals surface area contributed by atoms with E-state index in [0.29, 0.717) is 54.8 Å². The van der Waals surface area contributed by atoms with Crippen molar-refractivity contribution >= 4 is 51.9 Å². The van der Waals surface area contributed by atoms with E-state index in [0.717, 1.165) is 113 Å². The number of halogens is 3. The number of aromatic nitrogens is 6. The highest BCUT2D eigenvalue weighted by atomic mass is 35.5. The average molecular weight is 1000 g/mol. The Morgan fingerprint density at radius 2 is 1.04 bits per heavy atom. The first-order valence-corrected chi connectivity index (χ1v) is 24.2. The summed E-state index contributed by atoms with van der Waals surface area (Å²) in [5.74, 6) is 1.80. The van der Waals surface area contributed by atoms with Crippen LogP contribution < -0.4 is 29.9 Å². The maximum absolute atomic E-state index is 14.5. The molecular formula is C52H56ClF2N13O4.